The molecule has 0 aliphatic heterocycles. The Morgan fingerprint density at radius 1 is 1.00 bits per heavy atom. The highest BCUT2D eigenvalue weighted by Crippen LogP contribution is 2.09. The molecule has 0 atom stereocenters. The van der Waals surface area contributed by atoms with Crippen LogP contribution in [0.3, 0.4) is 0 Å². The maximum absolute atomic E-state index is 11.7. The van der Waals surface area contributed by atoms with E-state index in [9.17, 15) is 4.79 Å². The van der Waals surface area contributed by atoms with Gasteiger partial charge < -0.3 is 4.90 Å². The fourth-order valence-corrected chi connectivity index (χ4v) is 2.01. The van der Waals surface area contributed by atoms with Gasteiger partial charge in [0, 0.05) is 19.5 Å². The van der Waals surface area contributed by atoms with E-state index in [1.165, 1.54) is 32.1 Å². The Morgan fingerprint density at radius 3 is 2.06 bits per heavy atom. The number of hydrogen-bond donors (Lipinski definition) is 0. The summed E-state index contributed by atoms with van der Waals surface area (Å²) in [6.07, 6.45) is 11.2. The minimum absolute atomic E-state index is 0.321. The Morgan fingerprint density at radius 2 is 1.53 bits per heavy atom. The summed E-state index contributed by atoms with van der Waals surface area (Å²) in [6.45, 7) is 9.49. The maximum Gasteiger partial charge on any atom is 0.222 e. The molecule has 0 bridgehead atoms. The Hall–Kier alpha value is -0.790. The van der Waals surface area contributed by atoms with Crippen molar-refractivity contribution in [2.75, 3.05) is 13.1 Å². The summed E-state index contributed by atoms with van der Waals surface area (Å²) in [5.41, 5.74) is 0. The molecule has 0 radical (unpaired) electrons. The first-order valence-electron chi connectivity index (χ1n) is 7.14. The first kappa shape index (κ1) is 16.2. The molecule has 0 saturated heterocycles. The number of amides is 1. The first-order valence-corrected chi connectivity index (χ1v) is 7.14. The third-order valence-corrected chi connectivity index (χ3v) is 3.17. The van der Waals surface area contributed by atoms with Gasteiger partial charge in [-0.2, -0.15) is 0 Å². The fourth-order valence-electron chi connectivity index (χ4n) is 2.01. The van der Waals surface area contributed by atoms with E-state index in [0.29, 0.717) is 5.91 Å². The average Bonchev–Trinajstić information content (AvgIpc) is 2.34. The molecule has 0 aliphatic carbocycles. The van der Waals surface area contributed by atoms with Crippen LogP contribution in [0.5, 0.6) is 0 Å². The van der Waals surface area contributed by atoms with Crippen LogP contribution >= 0.6 is 0 Å². The zero-order valence-electron chi connectivity index (χ0n) is 11.7. The molecule has 0 aromatic carbocycles. The van der Waals surface area contributed by atoms with Gasteiger partial charge in [-0.1, -0.05) is 31.8 Å². The van der Waals surface area contributed by atoms with Crippen molar-refractivity contribution in [2.45, 2.75) is 65.2 Å². The predicted octanol–water partition coefficient (Wildman–Crippen LogP) is 4.16. The van der Waals surface area contributed by atoms with Gasteiger partial charge >= 0.3 is 0 Å². The number of rotatable bonds is 11. The number of unbranched alkanes of at least 4 members (excludes halogenated alkanes) is 6. The fraction of sp³-hybridized carbons (Fsp3) is 0.800. The summed E-state index contributed by atoms with van der Waals surface area (Å²) in [7, 11) is 0. The summed E-state index contributed by atoms with van der Waals surface area (Å²) < 4.78 is 0. The topological polar surface area (TPSA) is 20.3 Å². The molecule has 17 heavy (non-hydrogen) atoms. The third-order valence-electron chi connectivity index (χ3n) is 3.17. The van der Waals surface area contributed by atoms with Crippen LogP contribution in [-0.2, 0) is 4.79 Å². The van der Waals surface area contributed by atoms with E-state index in [2.05, 4.69) is 6.58 Å². The molecule has 2 nitrogen and oxygen atoms in total. The molecular formula is C15H29NO. The van der Waals surface area contributed by atoms with Gasteiger partial charge in [0.1, 0.15) is 0 Å². The molecular weight excluding hydrogens is 210 g/mol. The molecule has 2 heteroatoms. The summed E-state index contributed by atoms with van der Waals surface area (Å²) in [4.78, 5) is 13.6. The van der Waals surface area contributed by atoms with Crippen molar-refractivity contribution in [3.63, 3.8) is 0 Å². The van der Waals surface area contributed by atoms with E-state index in [-0.39, 0.29) is 0 Å². The molecule has 0 spiro atoms. The predicted molar refractivity (Wildman–Crippen MR) is 75.1 cm³/mol. The second kappa shape index (κ2) is 11.7. The standard InChI is InChI=1S/C15H29NO/c1-4-7-8-9-10-11-12-13-14-15(17)16(5-2)6-3/h4H,1,5-14H2,2-3H3. The second-order valence-corrected chi connectivity index (χ2v) is 4.51. The van der Waals surface area contributed by atoms with E-state index in [4.69, 9.17) is 0 Å². The van der Waals surface area contributed by atoms with E-state index < -0.39 is 0 Å². The highest BCUT2D eigenvalue weighted by atomic mass is 16.2. The summed E-state index contributed by atoms with van der Waals surface area (Å²) in [6, 6.07) is 0. The highest BCUT2D eigenvalue weighted by Gasteiger charge is 2.07. The molecule has 1 amide bonds. The van der Waals surface area contributed by atoms with Crippen molar-refractivity contribution < 1.29 is 4.79 Å². The van der Waals surface area contributed by atoms with Gasteiger partial charge in [0.15, 0.2) is 0 Å². The molecule has 0 aromatic rings. The lowest BCUT2D eigenvalue weighted by Gasteiger charge is -2.18. The maximum atomic E-state index is 11.7. The van der Waals surface area contributed by atoms with Gasteiger partial charge in [-0.05, 0) is 33.1 Å². The van der Waals surface area contributed by atoms with Crippen LogP contribution in [0.4, 0.5) is 0 Å². The molecule has 0 saturated carbocycles. The Kier molecular flexibility index (Phi) is 11.1. The van der Waals surface area contributed by atoms with Crippen LogP contribution in [0.1, 0.15) is 65.2 Å². The second-order valence-electron chi connectivity index (χ2n) is 4.51. The monoisotopic (exact) mass is 239 g/mol. The van der Waals surface area contributed by atoms with Crippen LogP contribution in [-0.4, -0.2) is 23.9 Å². The molecule has 0 N–H and O–H groups in total. The highest BCUT2D eigenvalue weighted by molar-refractivity contribution is 5.75. The largest absolute Gasteiger partial charge is 0.343 e. The number of carbonyl (C=O) groups is 1. The van der Waals surface area contributed by atoms with Crippen molar-refractivity contribution >= 4 is 5.91 Å². The SMILES string of the molecule is C=CCCCCCCCCC(=O)N(CC)CC. The minimum Gasteiger partial charge on any atom is -0.343 e. The quantitative estimate of drug-likeness (QED) is 0.391. The zero-order valence-corrected chi connectivity index (χ0v) is 11.7. The van der Waals surface area contributed by atoms with Crippen molar-refractivity contribution in [1.82, 2.24) is 4.90 Å². The van der Waals surface area contributed by atoms with E-state index in [1.807, 2.05) is 24.8 Å². The van der Waals surface area contributed by atoms with Crippen molar-refractivity contribution in [2.24, 2.45) is 0 Å². The smallest absolute Gasteiger partial charge is 0.222 e. The Balaban J connectivity index is 3.32. The molecule has 0 fully saturated rings. The van der Waals surface area contributed by atoms with Crippen LogP contribution in [0.25, 0.3) is 0 Å². The molecule has 0 rings (SSSR count). The summed E-state index contributed by atoms with van der Waals surface area (Å²) in [5, 5.41) is 0. The lowest BCUT2D eigenvalue weighted by molar-refractivity contribution is -0.130. The van der Waals surface area contributed by atoms with Crippen LogP contribution in [0, 0.1) is 0 Å². The minimum atomic E-state index is 0.321. The van der Waals surface area contributed by atoms with Gasteiger partial charge in [-0.3, -0.25) is 4.79 Å². The van der Waals surface area contributed by atoms with Crippen LogP contribution in [0.15, 0.2) is 12.7 Å². The van der Waals surface area contributed by atoms with Crippen LogP contribution in [0.2, 0.25) is 0 Å². The molecule has 0 aromatic heterocycles. The number of hydrogen-bond acceptors (Lipinski definition) is 1. The Bertz CT molecular complexity index is 197. The molecule has 0 unspecified atom stereocenters. The molecule has 0 aliphatic rings. The summed E-state index contributed by atoms with van der Waals surface area (Å²) >= 11 is 0. The summed E-state index contributed by atoms with van der Waals surface area (Å²) in [5.74, 6) is 0.321. The van der Waals surface area contributed by atoms with Gasteiger partial charge in [0.2, 0.25) is 5.91 Å². The molecule has 100 valence electrons. The molecule has 0 heterocycles. The van der Waals surface area contributed by atoms with Gasteiger partial charge in [-0.25, -0.2) is 0 Å². The van der Waals surface area contributed by atoms with E-state index in [0.717, 1.165) is 32.4 Å². The first-order chi connectivity index (χ1) is 8.26. The number of nitrogens with zero attached hydrogens (tertiary/aromatic N) is 1. The average molecular weight is 239 g/mol. The zero-order chi connectivity index (χ0) is 12.9. The van der Waals surface area contributed by atoms with E-state index >= 15 is 0 Å². The number of carbonyl (C=O) groups excluding carboxylic acids is 1. The van der Waals surface area contributed by atoms with Crippen molar-refractivity contribution in [3.8, 4) is 0 Å². The van der Waals surface area contributed by atoms with Gasteiger partial charge in [-0.15, -0.1) is 6.58 Å². The Labute approximate surface area is 107 Å². The van der Waals surface area contributed by atoms with E-state index in [1.54, 1.807) is 0 Å². The van der Waals surface area contributed by atoms with Crippen LogP contribution < -0.4 is 0 Å². The van der Waals surface area contributed by atoms with Gasteiger partial charge in [0.05, 0.1) is 0 Å². The van der Waals surface area contributed by atoms with Gasteiger partial charge in [0.25, 0.3) is 0 Å². The van der Waals surface area contributed by atoms with Crippen molar-refractivity contribution in [3.05, 3.63) is 12.7 Å². The number of allylic oxidation sites excluding steroid dienone is 1. The lowest BCUT2D eigenvalue weighted by Crippen LogP contribution is -2.30. The van der Waals surface area contributed by atoms with Crippen molar-refractivity contribution in [1.29, 1.82) is 0 Å². The third kappa shape index (κ3) is 8.96. The normalized spacial score (nSPS) is 10.2. The lowest BCUT2D eigenvalue weighted by atomic mass is 10.1.